The molecule has 1 saturated heterocycles. The summed E-state index contributed by atoms with van der Waals surface area (Å²) in [5, 5.41) is 10.5. The SMILES string of the molecule is CCC[C@H]1N(C(=O)c2ncccc2C(F)(F)F)CCC[C@]1(Oc1csc(C(F)(F)F)c1)C(=O)N1Cc2cc(F)ccc2C[C@H]1CCC(=O)O. The van der Waals surface area contributed by atoms with Crippen molar-refractivity contribution in [3.8, 4) is 5.75 Å². The van der Waals surface area contributed by atoms with Crippen molar-refractivity contribution in [2.24, 2.45) is 0 Å². The van der Waals surface area contributed by atoms with E-state index in [-0.39, 0.29) is 63.8 Å². The van der Waals surface area contributed by atoms with Crippen LogP contribution in [0.15, 0.2) is 48.0 Å². The van der Waals surface area contributed by atoms with Gasteiger partial charge in [-0.1, -0.05) is 19.4 Å². The fraction of sp³-hybridized carbons (Fsp3) is 0.455. The van der Waals surface area contributed by atoms with Gasteiger partial charge < -0.3 is 19.6 Å². The fourth-order valence-corrected chi connectivity index (χ4v) is 7.40. The second kappa shape index (κ2) is 14.0. The van der Waals surface area contributed by atoms with Crippen molar-refractivity contribution in [2.75, 3.05) is 6.54 Å². The van der Waals surface area contributed by atoms with E-state index in [1.54, 1.807) is 6.92 Å². The summed E-state index contributed by atoms with van der Waals surface area (Å²) in [7, 11) is 0. The molecular formula is C33H32F7N3O5S. The number of aliphatic carboxylic acids is 1. The number of fused-ring (bicyclic) bond motifs is 1. The van der Waals surface area contributed by atoms with E-state index >= 15 is 4.79 Å². The molecule has 2 aliphatic heterocycles. The number of rotatable bonds is 9. The number of carbonyl (C=O) groups is 3. The summed E-state index contributed by atoms with van der Waals surface area (Å²) in [5.74, 6) is -4.00. The highest BCUT2D eigenvalue weighted by Gasteiger charge is 2.57. The molecule has 0 radical (unpaired) electrons. The third-order valence-electron chi connectivity index (χ3n) is 8.87. The Hall–Kier alpha value is -4.21. The summed E-state index contributed by atoms with van der Waals surface area (Å²) >= 11 is 0.321. The number of hydrogen-bond donors (Lipinski definition) is 1. The van der Waals surface area contributed by atoms with Crippen LogP contribution in [-0.2, 0) is 34.9 Å². The van der Waals surface area contributed by atoms with Crippen LogP contribution in [0.25, 0.3) is 0 Å². The average molecular weight is 716 g/mol. The third kappa shape index (κ3) is 7.53. The molecule has 1 N–H and O–H groups in total. The lowest BCUT2D eigenvalue weighted by Gasteiger charge is -2.51. The van der Waals surface area contributed by atoms with Crippen LogP contribution in [0.2, 0.25) is 0 Å². The molecule has 49 heavy (non-hydrogen) atoms. The first-order valence-corrected chi connectivity index (χ1v) is 16.4. The number of thiophene rings is 1. The first-order chi connectivity index (χ1) is 23.0. The van der Waals surface area contributed by atoms with Gasteiger partial charge in [-0.15, -0.1) is 11.3 Å². The molecule has 0 unspecified atom stereocenters. The molecule has 1 aromatic carbocycles. The second-order valence-corrected chi connectivity index (χ2v) is 13.0. The van der Waals surface area contributed by atoms with Crippen molar-refractivity contribution in [3.63, 3.8) is 0 Å². The van der Waals surface area contributed by atoms with Crippen LogP contribution >= 0.6 is 11.3 Å². The molecule has 5 rings (SSSR count). The summed E-state index contributed by atoms with van der Waals surface area (Å²) in [5.41, 5.74) is -3.23. The zero-order chi connectivity index (χ0) is 35.7. The van der Waals surface area contributed by atoms with Gasteiger partial charge in [0.25, 0.3) is 11.8 Å². The number of alkyl halides is 6. The third-order valence-corrected chi connectivity index (χ3v) is 9.83. The molecule has 4 heterocycles. The molecule has 2 amide bonds. The number of likely N-dealkylation sites (tertiary alicyclic amines) is 1. The number of nitrogens with zero attached hydrogens (tertiary/aromatic N) is 3. The molecule has 3 atom stereocenters. The van der Waals surface area contributed by atoms with Gasteiger partial charge >= 0.3 is 18.3 Å². The van der Waals surface area contributed by atoms with Gasteiger partial charge in [0.1, 0.15) is 22.1 Å². The van der Waals surface area contributed by atoms with E-state index in [2.05, 4.69) is 4.98 Å². The Labute approximate surface area is 280 Å². The monoisotopic (exact) mass is 715 g/mol. The molecular weight excluding hydrogens is 683 g/mol. The number of halogens is 7. The lowest BCUT2D eigenvalue weighted by molar-refractivity contribution is -0.163. The van der Waals surface area contributed by atoms with Crippen molar-refractivity contribution in [1.82, 2.24) is 14.8 Å². The highest BCUT2D eigenvalue weighted by molar-refractivity contribution is 7.10. The van der Waals surface area contributed by atoms with Crippen molar-refractivity contribution in [2.45, 2.75) is 88.5 Å². The highest BCUT2D eigenvalue weighted by atomic mass is 32.1. The predicted octanol–water partition coefficient (Wildman–Crippen LogP) is 7.36. The number of ether oxygens (including phenoxy) is 1. The number of hydrogen-bond acceptors (Lipinski definition) is 6. The molecule has 1 fully saturated rings. The standard InChI is InChI=1S/C33H32F7N3O5S/c1-2-5-25-31(48-23-16-26(49-18-23)33(38,39)40,11-4-13-42(25)29(46)28-24(32(35,36)37)6-3-12-41-28)30(47)43-17-20-14-21(34)8-7-19(20)15-22(43)9-10-27(44)45/h3,6-8,12,14,16,18,22,25H,2,4-5,9-11,13,15,17H2,1H3,(H,44,45)/t22-,25-,31-/m1/s1. The van der Waals surface area contributed by atoms with E-state index in [4.69, 9.17) is 4.74 Å². The number of carbonyl (C=O) groups excluding carboxylic acids is 2. The molecule has 8 nitrogen and oxygen atoms in total. The van der Waals surface area contributed by atoms with Gasteiger partial charge in [-0.25, -0.2) is 4.39 Å². The smallest absolute Gasteiger partial charge is 0.425 e. The topological polar surface area (TPSA) is 100 Å². The number of carboxylic acids is 1. The maximum absolute atomic E-state index is 15.1. The Kier molecular flexibility index (Phi) is 10.3. The lowest BCUT2D eigenvalue weighted by Crippen LogP contribution is -2.69. The van der Waals surface area contributed by atoms with Gasteiger partial charge in [0.2, 0.25) is 5.60 Å². The maximum atomic E-state index is 15.1. The minimum atomic E-state index is -4.95. The van der Waals surface area contributed by atoms with Gasteiger partial charge in [0.15, 0.2) is 0 Å². The van der Waals surface area contributed by atoms with Crippen LogP contribution in [0.3, 0.4) is 0 Å². The number of carboxylic acid groups (broad SMARTS) is 1. The van der Waals surface area contributed by atoms with Crippen molar-refractivity contribution < 1.29 is 55.0 Å². The van der Waals surface area contributed by atoms with E-state index in [0.29, 0.717) is 34.6 Å². The molecule has 3 aromatic rings. The summed E-state index contributed by atoms with van der Waals surface area (Å²) in [4.78, 5) is 45.7. The average Bonchev–Trinajstić information content (AvgIpc) is 3.52. The van der Waals surface area contributed by atoms with Crippen LogP contribution in [-0.4, -0.2) is 61.9 Å². The van der Waals surface area contributed by atoms with Crippen LogP contribution in [0, 0.1) is 5.82 Å². The van der Waals surface area contributed by atoms with E-state index in [1.165, 1.54) is 23.1 Å². The van der Waals surface area contributed by atoms with Gasteiger partial charge in [0, 0.05) is 49.6 Å². The number of piperidine rings is 1. The number of amides is 2. The maximum Gasteiger partial charge on any atom is 0.425 e. The quantitative estimate of drug-likeness (QED) is 0.233. The molecule has 0 saturated carbocycles. The van der Waals surface area contributed by atoms with Crippen molar-refractivity contribution in [3.05, 3.63) is 81.1 Å². The van der Waals surface area contributed by atoms with Crippen LogP contribution < -0.4 is 4.74 Å². The van der Waals surface area contributed by atoms with Crippen LogP contribution in [0.1, 0.15) is 77.5 Å². The molecule has 16 heteroatoms. The van der Waals surface area contributed by atoms with Gasteiger partial charge in [0.05, 0.1) is 11.6 Å². The molecule has 0 bridgehead atoms. The lowest BCUT2D eigenvalue weighted by atomic mass is 9.78. The Morgan fingerprint density at radius 1 is 1.04 bits per heavy atom. The van der Waals surface area contributed by atoms with Gasteiger partial charge in [-0.2, -0.15) is 26.3 Å². The Morgan fingerprint density at radius 2 is 1.80 bits per heavy atom. The van der Waals surface area contributed by atoms with Crippen molar-refractivity contribution in [1.29, 1.82) is 0 Å². The van der Waals surface area contributed by atoms with Crippen LogP contribution in [0.4, 0.5) is 30.7 Å². The number of pyridine rings is 1. The summed E-state index contributed by atoms with van der Waals surface area (Å²) in [6.07, 6.45) is -8.74. The Balaban J connectivity index is 1.65. The minimum Gasteiger partial charge on any atom is -0.481 e. The normalized spacial score (nSPS) is 21.3. The minimum absolute atomic E-state index is 0.000771. The zero-order valence-electron chi connectivity index (χ0n) is 26.1. The zero-order valence-corrected chi connectivity index (χ0v) is 26.9. The summed E-state index contributed by atoms with van der Waals surface area (Å²) in [6.45, 7) is 1.39. The fourth-order valence-electron chi connectivity index (χ4n) is 6.72. The first-order valence-electron chi connectivity index (χ1n) is 15.5. The van der Waals surface area contributed by atoms with E-state index < -0.39 is 69.8 Å². The van der Waals surface area contributed by atoms with Crippen molar-refractivity contribution >= 4 is 29.1 Å². The second-order valence-electron chi connectivity index (χ2n) is 12.1. The molecule has 2 aliphatic rings. The summed E-state index contributed by atoms with van der Waals surface area (Å²) in [6, 6.07) is 4.39. The highest BCUT2D eigenvalue weighted by Crippen LogP contribution is 2.43. The van der Waals surface area contributed by atoms with E-state index in [0.717, 1.165) is 22.5 Å². The molecule has 0 spiro atoms. The summed E-state index contributed by atoms with van der Waals surface area (Å²) < 4.78 is 104. The largest absolute Gasteiger partial charge is 0.481 e. The molecule has 0 aliphatic carbocycles. The number of aromatic nitrogens is 1. The predicted molar refractivity (Wildman–Crippen MR) is 162 cm³/mol. The van der Waals surface area contributed by atoms with E-state index in [9.17, 15) is 45.4 Å². The number of benzene rings is 1. The Morgan fingerprint density at radius 3 is 2.45 bits per heavy atom. The van der Waals surface area contributed by atoms with Crippen LogP contribution in [0.5, 0.6) is 5.75 Å². The van der Waals surface area contributed by atoms with Gasteiger partial charge in [-0.05, 0) is 61.1 Å². The molecule has 2 aromatic heterocycles. The van der Waals surface area contributed by atoms with E-state index in [1.807, 2.05) is 0 Å². The molecule has 264 valence electrons. The van der Waals surface area contributed by atoms with Gasteiger partial charge in [-0.3, -0.25) is 19.4 Å². The Bertz CT molecular complexity index is 1710. The first kappa shape index (κ1) is 36.1.